The highest BCUT2D eigenvalue weighted by Crippen LogP contribution is 2.05. The van der Waals surface area contributed by atoms with Crippen LogP contribution in [0.1, 0.15) is 15.9 Å². The van der Waals surface area contributed by atoms with Gasteiger partial charge in [0.05, 0.1) is 12.7 Å². The molecular formula is C12H13N5OS. The van der Waals surface area contributed by atoms with Crippen LogP contribution in [0.25, 0.3) is 0 Å². The van der Waals surface area contributed by atoms with Gasteiger partial charge in [0.1, 0.15) is 4.99 Å². The lowest BCUT2D eigenvalue weighted by atomic mass is 10.1. The fourth-order valence-corrected chi connectivity index (χ4v) is 1.68. The predicted molar refractivity (Wildman–Crippen MR) is 74.7 cm³/mol. The maximum absolute atomic E-state index is 11.9. The van der Waals surface area contributed by atoms with Gasteiger partial charge in [-0.25, -0.2) is 0 Å². The van der Waals surface area contributed by atoms with Crippen LogP contribution in [0, 0.1) is 0 Å². The Morgan fingerprint density at radius 2 is 2.21 bits per heavy atom. The van der Waals surface area contributed by atoms with E-state index >= 15 is 0 Å². The molecule has 0 saturated carbocycles. The number of hydrogen-bond acceptors (Lipinski definition) is 4. The first-order chi connectivity index (χ1) is 9.16. The van der Waals surface area contributed by atoms with E-state index in [1.807, 2.05) is 0 Å². The van der Waals surface area contributed by atoms with Gasteiger partial charge in [0.15, 0.2) is 0 Å². The summed E-state index contributed by atoms with van der Waals surface area (Å²) >= 11 is 4.88. The number of rotatable bonds is 5. The van der Waals surface area contributed by atoms with Gasteiger partial charge in [0, 0.05) is 23.9 Å². The fourth-order valence-electron chi connectivity index (χ4n) is 1.55. The molecule has 98 valence electrons. The number of nitrogens with one attached hydrogen (secondary N) is 1. The standard InChI is InChI=1S/C12H13N5OS/c13-11(19)9-2-1-3-10(8-9)12(18)14-4-6-17-7-5-15-16-17/h1-3,5,7-8H,4,6H2,(H2,13,19)(H,14,18). The van der Waals surface area contributed by atoms with Gasteiger partial charge in [-0.1, -0.05) is 29.6 Å². The molecule has 6 nitrogen and oxygen atoms in total. The van der Waals surface area contributed by atoms with E-state index in [0.29, 0.717) is 24.2 Å². The summed E-state index contributed by atoms with van der Waals surface area (Å²) in [6, 6.07) is 6.91. The molecule has 0 unspecified atom stereocenters. The van der Waals surface area contributed by atoms with Gasteiger partial charge in [-0.2, -0.15) is 0 Å². The number of amides is 1. The number of nitrogens with two attached hydrogens (primary N) is 1. The summed E-state index contributed by atoms with van der Waals surface area (Å²) in [4.78, 5) is 12.2. The second-order valence-electron chi connectivity index (χ2n) is 3.87. The molecule has 0 atom stereocenters. The molecule has 2 aromatic rings. The predicted octanol–water partition coefficient (Wildman–Crippen LogP) is 0.342. The Morgan fingerprint density at radius 1 is 1.42 bits per heavy atom. The number of thiocarbonyl (C=S) groups is 1. The Bertz CT molecular complexity index is 582. The van der Waals surface area contributed by atoms with E-state index < -0.39 is 0 Å². The number of carbonyl (C=O) groups excluding carboxylic acids is 1. The van der Waals surface area contributed by atoms with Crippen molar-refractivity contribution in [2.24, 2.45) is 5.73 Å². The van der Waals surface area contributed by atoms with Crippen LogP contribution in [-0.4, -0.2) is 32.4 Å². The third kappa shape index (κ3) is 3.59. The molecular weight excluding hydrogens is 262 g/mol. The Labute approximate surface area is 115 Å². The van der Waals surface area contributed by atoms with E-state index in [2.05, 4.69) is 15.6 Å². The third-order valence-electron chi connectivity index (χ3n) is 2.51. The van der Waals surface area contributed by atoms with Crippen molar-refractivity contribution in [1.82, 2.24) is 20.3 Å². The van der Waals surface area contributed by atoms with Crippen molar-refractivity contribution in [1.29, 1.82) is 0 Å². The van der Waals surface area contributed by atoms with Crippen molar-refractivity contribution in [3.63, 3.8) is 0 Å². The number of aromatic nitrogens is 3. The average Bonchev–Trinajstić information content (AvgIpc) is 2.92. The highest BCUT2D eigenvalue weighted by Gasteiger charge is 2.06. The van der Waals surface area contributed by atoms with Gasteiger partial charge in [-0.3, -0.25) is 9.48 Å². The molecule has 1 amide bonds. The zero-order valence-corrected chi connectivity index (χ0v) is 10.9. The van der Waals surface area contributed by atoms with Crippen LogP contribution in [0.3, 0.4) is 0 Å². The van der Waals surface area contributed by atoms with Crippen LogP contribution in [0.4, 0.5) is 0 Å². The summed E-state index contributed by atoms with van der Waals surface area (Å²) in [5, 5.41) is 10.3. The van der Waals surface area contributed by atoms with Crippen LogP contribution in [0.15, 0.2) is 36.7 Å². The van der Waals surface area contributed by atoms with Crippen molar-refractivity contribution < 1.29 is 4.79 Å². The molecule has 1 aromatic carbocycles. The van der Waals surface area contributed by atoms with Gasteiger partial charge < -0.3 is 11.1 Å². The normalized spacial score (nSPS) is 10.1. The maximum Gasteiger partial charge on any atom is 0.251 e. The van der Waals surface area contributed by atoms with Gasteiger partial charge in [0.25, 0.3) is 5.91 Å². The minimum Gasteiger partial charge on any atom is -0.389 e. The summed E-state index contributed by atoms with van der Waals surface area (Å²) in [6.07, 6.45) is 3.33. The molecule has 0 fully saturated rings. The Hall–Kier alpha value is -2.28. The molecule has 0 aliphatic heterocycles. The topological polar surface area (TPSA) is 85.8 Å². The van der Waals surface area contributed by atoms with E-state index in [9.17, 15) is 4.79 Å². The van der Waals surface area contributed by atoms with Crippen LogP contribution in [-0.2, 0) is 6.54 Å². The fraction of sp³-hybridized carbons (Fsp3) is 0.167. The lowest BCUT2D eigenvalue weighted by Gasteiger charge is -2.06. The molecule has 2 rings (SSSR count). The molecule has 1 heterocycles. The van der Waals surface area contributed by atoms with E-state index in [-0.39, 0.29) is 10.9 Å². The molecule has 0 spiro atoms. The van der Waals surface area contributed by atoms with Crippen LogP contribution in [0.2, 0.25) is 0 Å². The van der Waals surface area contributed by atoms with Crippen molar-refractivity contribution in [3.05, 3.63) is 47.8 Å². The van der Waals surface area contributed by atoms with Gasteiger partial charge >= 0.3 is 0 Å². The average molecular weight is 275 g/mol. The summed E-state index contributed by atoms with van der Waals surface area (Å²) in [5.74, 6) is -0.168. The lowest BCUT2D eigenvalue weighted by molar-refractivity contribution is 0.0952. The molecule has 19 heavy (non-hydrogen) atoms. The molecule has 0 bridgehead atoms. The molecule has 0 saturated heterocycles. The first-order valence-electron chi connectivity index (χ1n) is 5.69. The van der Waals surface area contributed by atoms with Crippen molar-refractivity contribution in [3.8, 4) is 0 Å². The largest absolute Gasteiger partial charge is 0.389 e. The monoisotopic (exact) mass is 275 g/mol. The van der Waals surface area contributed by atoms with Crippen molar-refractivity contribution in [2.45, 2.75) is 6.54 Å². The Balaban J connectivity index is 1.92. The van der Waals surface area contributed by atoms with Crippen LogP contribution in [0.5, 0.6) is 0 Å². The van der Waals surface area contributed by atoms with E-state index in [1.165, 1.54) is 0 Å². The first-order valence-corrected chi connectivity index (χ1v) is 6.10. The Morgan fingerprint density at radius 3 is 2.89 bits per heavy atom. The molecule has 1 aromatic heterocycles. The summed E-state index contributed by atoms with van der Waals surface area (Å²) in [6.45, 7) is 1.04. The smallest absolute Gasteiger partial charge is 0.251 e. The zero-order valence-electron chi connectivity index (χ0n) is 10.1. The second-order valence-corrected chi connectivity index (χ2v) is 4.31. The number of benzene rings is 1. The highest BCUT2D eigenvalue weighted by molar-refractivity contribution is 7.80. The Kier molecular flexibility index (Phi) is 4.19. The van der Waals surface area contributed by atoms with Crippen LogP contribution < -0.4 is 11.1 Å². The number of hydrogen-bond donors (Lipinski definition) is 2. The molecule has 3 N–H and O–H groups in total. The van der Waals surface area contributed by atoms with Gasteiger partial charge in [-0.05, 0) is 12.1 Å². The minimum absolute atomic E-state index is 0.168. The van der Waals surface area contributed by atoms with Crippen LogP contribution >= 0.6 is 12.2 Å². The SMILES string of the molecule is NC(=S)c1cccc(C(=O)NCCn2ccnn2)c1. The third-order valence-corrected chi connectivity index (χ3v) is 2.74. The summed E-state index contributed by atoms with van der Waals surface area (Å²) in [7, 11) is 0. The van der Waals surface area contributed by atoms with Gasteiger partial charge in [0.2, 0.25) is 0 Å². The van der Waals surface area contributed by atoms with E-state index in [4.69, 9.17) is 18.0 Å². The molecule has 0 radical (unpaired) electrons. The van der Waals surface area contributed by atoms with Gasteiger partial charge in [-0.15, -0.1) is 5.10 Å². The quantitative estimate of drug-likeness (QED) is 0.769. The maximum atomic E-state index is 11.9. The number of nitrogens with zero attached hydrogens (tertiary/aromatic N) is 3. The lowest BCUT2D eigenvalue weighted by Crippen LogP contribution is -2.27. The molecule has 0 aliphatic rings. The summed E-state index contributed by atoms with van der Waals surface area (Å²) < 4.78 is 1.64. The highest BCUT2D eigenvalue weighted by atomic mass is 32.1. The van der Waals surface area contributed by atoms with Crippen molar-refractivity contribution in [2.75, 3.05) is 6.54 Å². The van der Waals surface area contributed by atoms with Crippen molar-refractivity contribution >= 4 is 23.1 Å². The van der Waals surface area contributed by atoms with E-state index in [0.717, 1.165) is 0 Å². The molecule has 7 heteroatoms. The van der Waals surface area contributed by atoms with E-state index in [1.54, 1.807) is 41.3 Å². The zero-order chi connectivity index (χ0) is 13.7. The number of carbonyl (C=O) groups is 1. The first kappa shape index (κ1) is 13.2. The molecule has 0 aliphatic carbocycles. The second kappa shape index (κ2) is 6.05. The summed E-state index contributed by atoms with van der Waals surface area (Å²) in [5.41, 5.74) is 6.74. The minimum atomic E-state index is -0.168.